The van der Waals surface area contributed by atoms with Crippen LogP contribution in [-0.4, -0.2) is 19.2 Å². The lowest BCUT2D eigenvalue weighted by atomic mass is 10.1. The van der Waals surface area contributed by atoms with Crippen LogP contribution in [0.1, 0.15) is 11.1 Å². The Labute approximate surface area is 103 Å². The van der Waals surface area contributed by atoms with Crippen molar-refractivity contribution in [2.24, 2.45) is 5.73 Å². The van der Waals surface area contributed by atoms with Gasteiger partial charge in [-0.3, -0.25) is 0 Å². The molecule has 88 valence electrons. The summed E-state index contributed by atoms with van der Waals surface area (Å²) < 4.78 is 5.70. The van der Waals surface area contributed by atoms with E-state index in [1.165, 1.54) is 11.1 Å². The van der Waals surface area contributed by atoms with Crippen LogP contribution in [0, 0.1) is 6.92 Å². The molecule has 16 heavy (non-hydrogen) atoms. The first-order valence-corrected chi connectivity index (χ1v) is 5.77. The van der Waals surface area contributed by atoms with Crippen molar-refractivity contribution in [2.45, 2.75) is 13.5 Å². The molecule has 1 aromatic rings. The number of amides is 1. The first kappa shape index (κ1) is 13.0. The molecule has 0 atom stereocenters. The molecule has 0 spiro atoms. The summed E-state index contributed by atoms with van der Waals surface area (Å²) in [5, 5.41) is 3.16. The topological polar surface area (TPSA) is 64.3 Å². The van der Waals surface area contributed by atoms with Gasteiger partial charge in [-0.2, -0.15) is 0 Å². The molecule has 0 aliphatic rings. The number of primary amides is 1. The monoisotopic (exact) mass is 286 g/mol. The van der Waals surface area contributed by atoms with E-state index < -0.39 is 6.09 Å². The number of ether oxygens (including phenoxy) is 1. The summed E-state index contributed by atoms with van der Waals surface area (Å²) in [6.07, 6.45) is -0.735. The van der Waals surface area contributed by atoms with Crippen molar-refractivity contribution >= 4 is 22.0 Å². The Hall–Kier alpha value is -1.07. The Bertz CT molecular complexity index is 369. The van der Waals surface area contributed by atoms with Crippen molar-refractivity contribution in [3.63, 3.8) is 0 Å². The number of hydrogen-bond acceptors (Lipinski definition) is 3. The van der Waals surface area contributed by atoms with Gasteiger partial charge in [0.15, 0.2) is 0 Å². The van der Waals surface area contributed by atoms with Crippen molar-refractivity contribution in [3.05, 3.63) is 33.8 Å². The van der Waals surface area contributed by atoms with Crippen molar-refractivity contribution in [1.29, 1.82) is 0 Å². The van der Waals surface area contributed by atoms with E-state index >= 15 is 0 Å². The van der Waals surface area contributed by atoms with Crippen LogP contribution < -0.4 is 11.1 Å². The van der Waals surface area contributed by atoms with Crippen LogP contribution in [0.15, 0.2) is 22.7 Å². The summed E-state index contributed by atoms with van der Waals surface area (Å²) in [5.41, 5.74) is 7.22. The molecule has 0 radical (unpaired) electrons. The highest BCUT2D eigenvalue weighted by Crippen LogP contribution is 2.16. The molecule has 1 rings (SSSR count). The second-order valence-electron chi connectivity index (χ2n) is 3.43. The Morgan fingerprint density at radius 2 is 2.31 bits per heavy atom. The van der Waals surface area contributed by atoms with E-state index in [1.807, 2.05) is 19.1 Å². The van der Waals surface area contributed by atoms with Crippen LogP contribution in [0.4, 0.5) is 4.79 Å². The lowest BCUT2D eigenvalue weighted by molar-refractivity contribution is 0.157. The van der Waals surface area contributed by atoms with Gasteiger partial charge in [0.05, 0.1) is 0 Å². The summed E-state index contributed by atoms with van der Waals surface area (Å²) in [4.78, 5) is 10.3. The number of carbonyl (C=O) groups is 1. The minimum absolute atomic E-state index is 0.296. The van der Waals surface area contributed by atoms with Crippen molar-refractivity contribution in [3.8, 4) is 0 Å². The maximum atomic E-state index is 10.3. The molecule has 0 saturated heterocycles. The average molecular weight is 287 g/mol. The number of nitrogens with two attached hydrogens (primary N) is 1. The normalized spacial score (nSPS) is 10.1. The fourth-order valence-corrected chi connectivity index (χ4v) is 1.52. The van der Waals surface area contributed by atoms with Crippen LogP contribution >= 0.6 is 15.9 Å². The van der Waals surface area contributed by atoms with Crippen LogP contribution in [0.25, 0.3) is 0 Å². The zero-order chi connectivity index (χ0) is 12.0. The van der Waals surface area contributed by atoms with Gasteiger partial charge >= 0.3 is 6.09 Å². The van der Waals surface area contributed by atoms with Crippen LogP contribution in [0.3, 0.4) is 0 Å². The summed E-state index contributed by atoms with van der Waals surface area (Å²) in [6, 6.07) is 6.16. The number of carbonyl (C=O) groups excluding carboxylic acids is 1. The first-order chi connectivity index (χ1) is 7.59. The molecule has 0 heterocycles. The Balaban J connectivity index is 2.27. The van der Waals surface area contributed by atoms with Gasteiger partial charge in [0, 0.05) is 17.6 Å². The highest BCUT2D eigenvalue weighted by molar-refractivity contribution is 9.10. The molecular formula is C11H15BrN2O2. The summed E-state index contributed by atoms with van der Waals surface area (Å²) in [5.74, 6) is 0. The highest BCUT2D eigenvalue weighted by Gasteiger charge is 1.97. The molecule has 1 amide bonds. The number of rotatable bonds is 5. The summed E-state index contributed by atoms with van der Waals surface area (Å²) in [6.45, 7) is 3.68. The second-order valence-corrected chi connectivity index (χ2v) is 4.28. The lowest BCUT2D eigenvalue weighted by Crippen LogP contribution is -2.23. The summed E-state index contributed by atoms with van der Waals surface area (Å²) >= 11 is 3.45. The SMILES string of the molecule is Cc1cc(CNCCOC(N)=O)ccc1Br. The van der Waals surface area contributed by atoms with E-state index in [4.69, 9.17) is 5.73 Å². The van der Waals surface area contributed by atoms with E-state index in [0.29, 0.717) is 13.2 Å². The molecule has 0 saturated carbocycles. The van der Waals surface area contributed by atoms with Gasteiger partial charge in [0.1, 0.15) is 6.61 Å². The largest absolute Gasteiger partial charge is 0.448 e. The van der Waals surface area contributed by atoms with Crippen LogP contribution in [0.2, 0.25) is 0 Å². The van der Waals surface area contributed by atoms with E-state index in [-0.39, 0.29) is 0 Å². The van der Waals surface area contributed by atoms with Crippen LogP contribution in [-0.2, 0) is 11.3 Å². The molecule has 0 aliphatic carbocycles. The second kappa shape index (κ2) is 6.50. The van der Waals surface area contributed by atoms with Crippen molar-refractivity contribution < 1.29 is 9.53 Å². The molecule has 1 aromatic carbocycles. The standard InChI is InChI=1S/C11H15BrN2O2/c1-8-6-9(2-3-10(8)12)7-14-4-5-16-11(13)15/h2-3,6,14H,4-5,7H2,1H3,(H2,13,15). The molecule has 3 N–H and O–H groups in total. The molecule has 5 heteroatoms. The Morgan fingerprint density at radius 1 is 1.56 bits per heavy atom. The van der Waals surface area contributed by atoms with Crippen LogP contribution in [0.5, 0.6) is 0 Å². The van der Waals surface area contributed by atoms with Gasteiger partial charge in [-0.25, -0.2) is 4.79 Å². The maximum absolute atomic E-state index is 10.3. The zero-order valence-electron chi connectivity index (χ0n) is 9.13. The van der Waals surface area contributed by atoms with E-state index in [1.54, 1.807) is 0 Å². The zero-order valence-corrected chi connectivity index (χ0v) is 10.7. The molecule has 4 nitrogen and oxygen atoms in total. The minimum Gasteiger partial charge on any atom is -0.448 e. The van der Waals surface area contributed by atoms with Gasteiger partial charge in [-0.15, -0.1) is 0 Å². The predicted molar refractivity (Wildman–Crippen MR) is 66.1 cm³/mol. The van der Waals surface area contributed by atoms with E-state index in [9.17, 15) is 4.79 Å². The molecule has 0 fully saturated rings. The molecule has 0 aliphatic heterocycles. The maximum Gasteiger partial charge on any atom is 0.404 e. The van der Waals surface area contributed by atoms with E-state index in [2.05, 4.69) is 32.0 Å². The highest BCUT2D eigenvalue weighted by atomic mass is 79.9. The summed E-state index contributed by atoms with van der Waals surface area (Å²) in [7, 11) is 0. The number of benzene rings is 1. The average Bonchev–Trinajstić information content (AvgIpc) is 2.22. The minimum atomic E-state index is -0.735. The quantitative estimate of drug-likeness (QED) is 0.813. The van der Waals surface area contributed by atoms with Gasteiger partial charge in [0.25, 0.3) is 0 Å². The fourth-order valence-electron chi connectivity index (χ4n) is 1.27. The Morgan fingerprint density at radius 3 is 2.94 bits per heavy atom. The molecule has 0 unspecified atom stereocenters. The van der Waals surface area contributed by atoms with E-state index in [0.717, 1.165) is 11.0 Å². The van der Waals surface area contributed by atoms with Gasteiger partial charge in [0.2, 0.25) is 0 Å². The molecule has 0 aromatic heterocycles. The number of hydrogen-bond donors (Lipinski definition) is 2. The third kappa shape index (κ3) is 4.63. The number of aryl methyl sites for hydroxylation is 1. The number of halogens is 1. The van der Waals surface area contributed by atoms with Gasteiger partial charge in [-0.05, 0) is 24.1 Å². The van der Waals surface area contributed by atoms with Gasteiger partial charge in [-0.1, -0.05) is 28.1 Å². The van der Waals surface area contributed by atoms with Crippen molar-refractivity contribution in [1.82, 2.24) is 5.32 Å². The molecule has 0 bridgehead atoms. The van der Waals surface area contributed by atoms with Gasteiger partial charge < -0.3 is 15.8 Å². The predicted octanol–water partition coefficient (Wildman–Crippen LogP) is 1.94. The first-order valence-electron chi connectivity index (χ1n) is 4.97. The smallest absolute Gasteiger partial charge is 0.404 e. The Kier molecular flexibility index (Phi) is 5.28. The lowest BCUT2D eigenvalue weighted by Gasteiger charge is -2.06. The third-order valence-electron chi connectivity index (χ3n) is 2.07. The third-order valence-corrected chi connectivity index (χ3v) is 2.96. The molecular weight excluding hydrogens is 272 g/mol. The fraction of sp³-hybridized carbons (Fsp3) is 0.364. The van der Waals surface area contributed by atoms with Crippen molar-refractivity contribution in [2.75, 3.05) is 13.2 Å². The number of nitrogens with one attached hydrogen (secondary N) is 1.